The van der Waals surface area contributed by atoms with Crippen LogP contribution >= 0.6 is 0 Å². The SMILES string of the molecule is Cc1nn(-c2ccccc2)c(C)c1/C=N/NC(=O)c1[nH]nc2c1CCc1ccccc1-2. The molecular weight excluding hydrogens is 388 g/mol. The van der Waals surface area contributed by atoms with E-state index in [-0.39, 0.29) is 5.91 Å². The van der Waals surface area contributed by atoms with Crippen molar-refractivity contribution in [3.63, 3.8) is 0 Å². The van der Waals surface area contributed by atoms with Crippen molar-refractivity contribution in [3.8, 4) is 16.9 Å². The number of fused-ring (bicyclic) bond motifs is 3. The average Bonchev–Trinajstić information content (AvgIpc) is 3.36. The number of nitrogens with one attached hydrogen (secondary N) is 2. The summed E-state index contributed by atoms with van der Waals surface area (Å²) in [5.41, 5.74) is 10.9. The Bertz CT molecular complexity index is 1300. The number of carbonyl (C=O) groups is 1. The van der Waals surface area contributed by atoms with Gasteiger partial charge in [0.2, 0.25) is 0 Å². The van der Waals surface area contributed by atoms with Gasteiger partial charge in [0.25, 0.3) is 5.91 Å². The molecule has 5 rings (SSSR count). The molecule has 2 heterocycles. The molecule has 1 aliphatic rings. The Labute approximate surface area is 179 Å². The molecule has 0 bridgehead atoms. The third-order valence-corrected chi connectivity index (χ3v) is 5.72. The molecule has 0 saturated heterocycles. The van der Waals surface area contributed by atoms with Gasteiger partial charge >= 0.3 is 0 Å². The molecule has 0 radical (unpaired) electrons. The number of hydrogen-bond acceptors (Lipinski definition) is 4. The van der Waals surface area contributed by atoms with Crippen LogP contribution in [0.5, 0.6) is 0 Å². The van der Waals surface area contributed by atoms with Crippen LogP contribution in [0.3, 0.4) is 0 Å². The van der Waals surface area contributed by atoms with E-state index in [0.29, 0.717) is 5.69 Å². The number of aromatic amines is 1. The van der Waals surface area contributed by atoms with Gasteiger partial charge in [0.15, 0.2) is 0 Å². The minimum Gasteiger partial charge on any atom is -0.272 e. The first kappa shape index (κ1) is 19.0. The number of aromatic nitrogens is 4. The molecule has 1 aliphatic carbocycles. The van der Waals surface area contributed by atoms with Crippen LogP contribution in [0.2, 0.25) is 0 Å². The summed E-state index contributed by atoms with van der Waals surface area (Å²) >= 11 is 0. The van der Waals surface area contributed by atoms with Crippen molar-refractivity contribution in [1.29, 1.82) is 0 Å². The molecule has 0 aliphatic heterocycles. The predicted molar refractivity (Wildman–Crippen MR) is 120 cm³/mol. The summed E-state index contributed by atoms with van der Waals surface area (Å²) in [6.45, 7) is 3.91. The van der Waals surface area contributed by atoms with Crippen LogP contribution < -0.4 is 5.43 Å². The number of benzene rings is 2. The summed E-state index contributed by atoms with van der Waals surface area (Å²) in [4.78, 5) is 12.8. The van der Waals surface area contributed by atoms with Crippen LogP contribution in [-0.4, -0.2) is 32.1 Å². The molecule has 2 aromatic carbocycles. The number of hydrogen-bond donors (Lipinski definition) is 2. The zero-order valence-corrected chi connectivity index (χ0v) is 17.4. The Kier molecular flexibility index (Phi) is 4.71. The van der Waals surface area contributed by atoms with E-state index < -0.39 is 0 Å². The lowest BCUT2D eigenvalue weighted by atomic mass is 9.89. The summed E-state index contributed by atoms with van der Waals surface area (Å²) in [6, 6.07) is 18.1. The van der Waals surface area contributed by atoms with E-state index in [1.54, 1.807) is 6.21 Å². The van der Waals surface area contributed by atoms with Gasteiger partial charge in [0, 0.05) is 16.7 Å². The minimum absolute atomic E-state index is 0.296. The van der Waals surface area contributed by atoms with Crippen molar-refractivity contribution < 1.29 is 4.79 Å². The first-order valence-corrected chi connectivity index (χ1v) is 10.2. The second kappa shape index (κ2) is 7.68. The van der Waals surface area contributed by atoms with Gasteiger partial charge in [-0.25, -0.2) is 10.1 Å². The van der Waals surface area contributed by atoms with Crippen molar-refractivity contribution in [2.45, 2.75) is 26.7 Å². The maximum atomic E-state index is 12.8. The van der Waals surface area contributed by atoms with Crippen LogP contribution in [0.4, 0.5) is 0 Å². The van der Waals surface area contributed by atoms with E-state index in [1.165, 1.54) is 5.56 Å². The molecule has 0 atom stereocenters. The van der Waals surface area contributed by atoms with Gasteiger partial charge in [-0.2, -0.15) is 15.3 Å². The summed E-state index contributed by atoms with van der Waals surface area (Å²) in [5.74, 6) is -0.296. The minimum atomic E-state index is -0.296. The molecule has 1 amide bonds. The maximum Gasteiger partial charge on any atom is 0.289 e. The molecule has 0 saturated carbocycles. The molecule has 154 valence electrons. The van der Waals surface area contributed by atoms with Crippen molar-refractivity contribution >= 4 is 12.1 Å². The predicted octanol–water partition coefficient (Wildman–Crippen LogP) is 3.74. The fourth-order valence-corrected chi connectivity index (χ4v) is 4.12. The van der Waals surface area contributed by atoms with Gasteiger partial charge in [-0.05, 0) is 44.4 Å². The van der Waals surface area contributed by atoms with Crippen LogP contribution in [0.1, 0.15) is 38.6 Å². The third kappa shape index (κ3) is 3.34. The van der Waals surface area contributed by atoms with Gasteiger partial charge in [0.1, 0.15) is 5.69 Å². The topological polar surface area (TPSA) is 88.0 Å². The van der Waals surface area contributed by atoms with E-state index in [2.05, 4.69) is 31.9 Å². The maximum absolute atomic E-state index is 12.8. The Morgan fingerprint density at radius 1 is 1.10 bits per heavy atom. The highest BCUT2D eigenvalue weighted by Gasteiger charge is 2.24. The molecule has 31 heavy (non-hydrogen) atoms. The Hall–Kier alpha value is -4.00. The van der Waals surface area contributed by atoms with Gasteiger partial charge in [-0.3, -0.25) is 9.89 Å². The van der Waals surface area contributed by atoms with Crippen LogP contribution in [-0.2, 0) is 12.8 Å². The highest BCUT2D eigenvalue weighted by atomic mass is 16.2. The number of amides is 1. The number of rotatable bonds is 4. The monoisotopic (exact) mass is 410 g/mol. The zero-order valence-electron chi connectivity index (χ0n) is 17.4. The normalized spacial score (nSPS) is 12.6. The number of nitrogens with zero attached hydrogens (tertiary/aromatic N) is 4. The fourth-order valence-electron chi connectivity index (χ4n) is 4.12. The first-order valence-electron chi connectivity index (χ1n) is 10.2. The van der Waals surface area contributed by atoms with E-state index in [4.69, 9.17) is 0 Å². The number of H-pyrrole nitrogens is 1. The highest BCUT2D eigenvalue weighted by Crippen LogP contribution is 2.33. The Balaban J connectivity index is 1.36. The lowest BCUT2D eigenvalue weighted by Gasteiger charge is -2.15. The summed E-state index contributed by atoms with van der Waals surface area (Å²) in [5, 5.41) is 16.1. The quantitative estimate of drug-likeness (QED) is 0.397. The zero-order chi connectivity index (χ0) is 21.4. The molecule has 0 unspecified atom stereocenters. The fraction of sp³-hybridized carbons (Fsp3) is 0.167. The summed E-state index contributed by atoms with van der Waals surface area (Å²) in [6.07, 6.45) is 3.31. The number of carbonyl (C=O) groups excluding carboxylic acids is 1. The van der Waals surface area contributed by atoms with Gasteiger partial charge in [-0.1, -0.05) is 42.5 Å². The number of para-hydroxylation sites is 1. The van der Waals surface area contributed by atoms with Crippen LogP contribution in [0, 0.1) is 13.8 Å². The summed E-state index contributed by atoms with van der Waals surface area (Å²) < 4.78 is 1.88. The second-order valence-electron chi connectivity index (χ2n) is 7.61. The largest absolute Gasteiger partial charge is 0.289 e. The third-order valence-electron chi connectivity index (χ3n) is 5.72. The van der Waals surface area contributed by atoms with Gasteiger partial charge in [0.05, 0.1) is 29.0 Å². The Morgan fingerprint density at radius 3 is 2.71 bits per heavy atom. The van der Waals surface area contributed by atoms with Crippen molar-refractivity contribution in [3.05, 3.63) is 88.4 Å². The molecule has 4 aromatic rings. The summed E-state index contributed by atoms with van der Waals surface area (Å²) in [7, 11) is 0. The van der Waals surface area contributed by atoms with E-state index in [1.807, 2.05) is 67.1 Å². The average molecular weight is 410 g/mol. The molecule has 7 nitrogen and oxygen atoms in total. The Morgan fingerprint density at radius 2 is 1.87 bits per heavy atom. The molecule has 0 fully saturated rings. The molecule has 2 aromatic heterocycles. The van der Waals surface area contributed by atoms with Crippen LogP contribution in [0.25, 0.3) is 16.9 Å². The first-order chi connectivity index (χ1) is 15.1. The van der Waals surface area contributed by atoms with Crippen molar-refractivity contribution in [2.75, 3.05) is 0 Å². The lowest BCUT2D eigenvalue weighted by Crippen LogP contribution is -2.20. The molecular formula is C24H22N6O. The standard InChI is InChI=1S/C24H22N6O/c1-15-21(16(2)30(29-15)18-9-4-3-5-10-18)14-25-28-24(31)23-20-13-12-17-8-6-7-11-19(17)22(20)26-27-23/h3-11,14H,12-13H2,1-2H3,(H,26,27)(H,28,31)/b25-14+. The van der Waals surface area contributed by atoms with Crippen molar-refractivity contribution in [1.82, 2.24) is 25.4 Å². The van der Waals surface area contributed by atoms with Crippen molar-refractivity contribution in [2.24, 2.45) is 5.10 Å². The van der Waals surface area contributed by atoms with Gasteiger partial charge in [-0.15, -0.1) is 0 Å². The molecule has 0 spiro atoms. The molecule has 7 heteroatoms. The van der Waals surface area contributed by atoms with Gasteiger partial charge < -0.3 is 0 Å². The molecule has 2 N–H and O–H groups in total. The van der Waals surface area contributed by atoms with E-state index in [0.717, 1.165) is 52.3 Å². The highest BCUT2D eigenvalue weighted by molar-refractivity contribution is 5.96. The van der Waals surface area contributed by atoms with E-state index in [9.17, 15) is 4.79 Å². The number of aryl methyl sites for hydroxylation is 2. The lowest BCUT2D eigenvalue weighted by molar-refractivity contribution is 0.0949. The smallest absolute Gasteiger partial charge is 0.272 e. The van der Waals surface area contributed by atoms with E-state index >= 15 is 0 Å². The number of hydrazone groups is 1. The van der Waals surface area contributed by atoms with Crippen LogP contribution in [0.15, 0.2) is 59.7 Å². The second-order valence-corrected chi connectivity index (χ2v) is 7.61.